The first kappa shape index (κ1) is 10.7. The fourth-order valence-corrected chi connectivity index (χ4v) is 1.96. The van der Waals surface area contributed by atoms with Gasteiger partial charge in [-0.3, -0.25) is 0 Å². The molecule has 1 nitrogen and oxygen atoms in total. The summed E-state index contributed by atoms with van der Waals surface area (Å²) >= 11 is 0. The van der Waals surface area contributed by atoms with Crippen molar-refractivity contribution < 1.29 is 0 Å². The Morgan fingerprint density at radius 1 is 0.938 bits per heavy atom. The van der Waals surface area contributed by atoms with Crippen LogP contribution < -0.4 is 5.73 Å². The van der Waals surface area contributed by atoms with Crippen molar-refractivity contribution in [3.8, 4) is 0 Å². The first-order chi connectivity index (χ1) is 7.66. The van der Waals surface area contributed by atoms with Gasteiger partial charge in [0, 0.05) is 11.6 Å². The highest BCUT2D eigenvalue weighted by atomic mass is 14.5. The monoisotopic (exact) mass is 211 g/mol. The molecule has 1 atom stereocenters. The molecule has 82 valence electrons. The molecule has 0 fully saturated rings. The molecule has 2 N–H and O–H groups in total. The van der Waals surface area contributed by atoms with Crippen molar-refractivity contribution in [3.63, 3.8) is 0 Å². The Hall–Kier alpha value is -1.76. The van der Waals surface area contributed by atoms with Gasteiger partial charge in [-0.1, -0.05) is 48.9 Å². The van der Waals surface area contributed by atoms with E-state index in [2.05, 4.69) is 44.2 Å². The normalized spacial score (nSPS) is 12.4. The first-order valence-electron chi connectivity index (χ1n) is 5.59. The summed E-state index contributed by atoms with van der Waals surface area (Å²) in [7, 11) is 0. The number of hydrogen-bond acceptors (Lipinski definition) is 1. The van der Waals surface area contributed by atoms with E-state index in [1.165, 1.54) is 16.7 Å². The number of anilines is 1. The molecule has 0 radical (unpaired) electrons. The minimum atomic E-state index is 0.392. The average molecular weight is 211 g/mol. The van der Waals surface area contributed by atoms with Gasteiger partial charge >= 0.3 is 0 Å². The molecule has 0 saturated carbocycles. The van der Waals surface area contributed by atoms with Crippen LogP contribution in [0.5, 0.6) is 0 Å². The van der Waals surface area contributed by atoms with Gasteiger partial charge in [0.2, 0.25) is 0 Å². The Balaban J connectivity index is 2.35. The molecular weight excluding hydrogens is 194 g/mol. The summed E-state index contributed by atoms with van der Waals surface area (Å²) in [6, 6.07) is 16.7. The smallest absolute Gasteiger partial charge is 0.0316 e. The topological polar surface area (TPSA) is 26.0 Å². The molecule has 2 aromatic carbocycles. The zero-order valence-electron chi connectivity index (χ0n) is 9.77. The minimum absolute atomic E-state index is 0.392. The molecule has 0 saturated heterocycles. The second-order valence-electron chi connectivity index (χ2n) is 4.31. The zero-order chi connectivity index (χ0) is 11.5. The van der Waals surface area contributed by atoms with Crippen molar-refractivity contribution >= 4 is 5.69 Å². The third kappa shape index (κ3) is 2.25. The van der Waals surface area contributed by atoms with Gasteiger partial charge < -0.3 is 5.73 Å². The lowest BCUT2D eigenvalue weighted by Gasteiger charge is -2.13. The number of rotatable bonds is 2. The van der Waals surface area contributed by atoms with Crippen LogP contribution in [0.15, 0.2) is 48.5 Å². The summed E-state index contributed by atoms with van der Waals surface area (Å²) in [4.78, 5) is 0. The molecule has 2 aromatic rings. The second-order valence-corrected chi connectivity index (χ2v) is 4.31. The highest BCUT2D eigenvalue weighted by molar-refractivity contribution is 5.44. The molecule has 0 aliphatic carbocycles. The summed E-state index contributed by atoms with van der Waals surface area (Å²) in [5.41, 5.74) is 10.5. The van der Waals surface area contributed by atoms with Crippen LogP contribution in [0.2, 0.25) is 0 Å². The molecule has 0 spiro atoms. The van der Waals surface area contributed by atoms with Crippen LogP contribution in [-0.4, -0.2) is 0 Å². The Morgan fingerprint density at radius 3 is 2.19 bits per heavy atom. The minimum Gasteiger partial charge on any atom is -0.399 e. The lowest BCUT2D eigenvalue weighted by Crippen LogP contribution is -1.97. The number of aryl methyl sites for hydroxylation is 1. The van der Waals surface area contributed by atoms with Crippen LogP contribution in [0.1, 0.15) is 29.5 Å². The Labute approximate surface area is 96.9 Å². The fraction of sp³-hybridized carbons (Fsp3) is 0.200. The van der Waals surface area contributed by atoms with E-state index in [-0.39, 0.29) is 0 Å². The van der Waals surface area contributed by atoms with E-state index in [1.54, 1.807) is 0 Å². The number of benzene rings is 2. The van der Waals surface area contributed by atoms with Crippen LogP contribution in [0.4, 0.5) is 5.69 Å². The highest BCUT2D eigenvalue weighted by Crippen LogP contribution is 2.25. The van der Waals surface area contributed by atoms with Gasteiger partial charge in [0.1, 0.15) is 0 Å². The molecule has 2 rings (SSSR count). The van der Waals surface area contributed by atoms with E-state index in [4.69, 9.17) is 5.73 Å². The molecule has 0 heterocycles. The zero-order valence-corrected chi connectivity index (χ0v) is 9.77. The lowest BCUT2D eigenvalue weighted by molar-refractivity contribution is 0.921. The van der Waals surface area contributed by atoms with Crippen LogP contribution in [-0.2, 0) is 0 Å². The molecule has 16 heavy (non-hydrogen) atoms. The molecule has 0 unspecified atom stereocenters. The number of nitrogens with two attached hydrogens (primary N) is 1. The summed E-state index contributed by atoms with van der Waals surface area (Å²) < 4.78 is 0. The number of nitrogen functional groups attached to an aromatic ring is 1. The maximum Gasteiger partial charge on any atom is 0.0316 e. The van der Waals surface area contributed by atoms with Crippen molar-refractivity contribution in [2.75, 3.05) is 5.73 Å². The largest absolute Gasteiger partial charge is 0.399 e. The van der Waals surface area contributed by atoms with Crippen LogP contribution in [0.3, 0.4) is 0 Å². The van der Waals surface area contributed by atoms with Crippen molar-refractivity contribution in [1.29, 1.82) is 0 Å². The third-order valence-corrected chi connectivity index (χ3v) is 2.95. The van der Waals surface area contributed by atoms with Gasteiger partial charge in [-0.15, -0.1) is 0 Å². The average Bonchev–Trinajstić information content (AvgIpc) is 2.28. The maximum absolute atomic E-state index is 5.80. The van der Waals surface area contributed by atoms with E-state index < -0.39 is 0 Å². The Bertz CT molecular complexity index is 443. The number of hydrogen-bond donors (Lipinski definition) is 1. The van der Waals surface area contributed by atoms with Gasteiger partial charge in [-0.05, 0) is 30.2 Å². The maximum atomic E-state index is 5.80. The van der Waals surface area contributed by atoms with Gasteiger partial charge in [-0.2, -0.15) is 0 Å². The van der Waals surface area contributed by atoms with Crippen molar-refractivity contribution in [2.24, 2.45) is 0 Å². The molecule has 0 aliphatic rings. The standard InChI is InChI=1S/C15H17N/c1-11-5-3-6-13(9-11)12(2)14-7-4-8-15(16)10-14/h3-10,12H,16H2,1-2H3/t12-/m1/s1. The van der Waals surface area contributed by atoms with Gasteiger partial charge in [-0.25, -0.2) is 0 Å². The van der Waals surface area contributed by atoms with Crippen molar-refractivity contribution in [1.82, 2.24) is 0 Å². The molecule has 0 aliphatic heterocycles. The second kappa shape index (κ2) is 4.40. The first-order valence-corrected chi connectivity index (χ1v) is 5.59. The van der Waals surface area contributed by atoms with Crippen LogP contribution >= 0.6 is 0 Å². The lowest BCUT2D eigenvalue weighted by atomic mass is 9.92. The predicted molar refractivity (Wildman–Crippen MR) is 69.6 cm³/mol. The van der Waals surface area contributed by atoms with Crippen LogP contribution in [0.25, 0.3) is 0 Å². The van der Waals surface area contributed by atoms with Crippen molar-refractivity contribution in [3.05, 3.63) is 65.2 Å². The third-order valence-electron chi connectivity index (χ3n) is 2.95. The summed E-state index contributed by atoms with van der Waals surface area (Å²) in [6.07, 6.45) is 0. The predicted octanol–water partition coefficient (Wildman–Crippen LogP) is 3.73. The fourth-order valence-electron chi connectivity index (χ4n) is 1.96. The quantitative estimate of drug-likeness (QED) is 0.752. The van der Waals surface area contributed by atoms with E-state index in [0.29, 0.717) is 5.92 Å². The Morgan fingerprint density at radius 2 is 1.56 bits per heavy atom. The summed E-state index contributed by atoms with van der Waals surface area (Å²) in [6.45, 7) is 4.33. The highest BCUT2D eigenvalue weighted by Gasteiger charge is 2.08. The Kier molecular flexibility index (Phi) is 2.95. The van der Waals surface area contributed by atoms with E-state index in [9.17, 15) is 0 Å². The molecule has 0 bridgehead atoms. The van der Waals surface area contributed by atoms with E-state index >= 15 is 0 Å². The van der Waals surface area contributed by atoms with E-state index in [0.717, 1.165) is 5.69 Å². The van der Waals surface area contributed by atoms with E-state index in [1.807, 2.05) is 18.2 Å². The van der Waals surface area contributed by atoms with Gasteiger partial charge in [0.15, 0.2) is 0 Å². The van der Waals surface area contributed by atoms with Gasteiger partial charge in [0.05, 0.1) is 0 Å². The molecule has 1 heteroatoms. The molecular formula is C15H17N. The van der Waals surface area contributed by atoms with Crippen molar-refractivity contribution in [2.45, 2.75) is 19.8 Å². The van der Waals surface area contributed by atoms with Crippen LogP contribution in [0, 0.1) is 6.92 Å². The van der Waals surface area contributed by atoms with Gasteiger partial charge in [0.25, 0.3) is 0 Å². The molecule has 0 aromatic heterocycles. The molecule has 0 amide bonds. The SMILES string of the molecule is Cc1cccc([C@@H](C)c2cccc(N)c2)c1. The summed E-state index contributed by atoms with van der Waals surface area (Å²) in [5, 5.41) is 0. The summed E-state index contributed by atoms with van der Waals surface area (Å²) in [5.74, 6) is 0.392.